The van der Waals surface area contributed by atoms with Crippen LogP contribution in [0.2, 0.25) is 5.02 Å². The van der Waals surface area contributed by atoms with Crippen LogP contribution in [0.3, 0.4) is 0 Å². The van der Waals surface area contributed by atoms with Crippen LogP contribution in [-0.2, 0) is 11.3 Å². The summed E-state index contributed by atoms with van der Waals surface area (Å²) in [7, 11) is 3.60. The Balaban J connectivity index is 1.60. The maximum atomic E-state index is 12.2. The Morgan fingerprint density at radius 3 is 2.57 bits per heavy atom. The average molecular weight is 497 g/mol. The summed E-state index contributed by atoms with van der Waals surface area (Å²) in [5, 5.41) is 10.2. The minimum atomic E-state index is -0.00245. The summed E-state index contributed by atoms with van der Waals surface area (Å²) in [5.74, 6) is 2.43. The standard InChI is InChI=1S/C25H29ClN6O3/c1-32-10-3-4-25(33)27-9-11-35-22-13-19(6-8-21(22)34-2)31-24-14-23(28-16-29-24)30-18-5-7-20(26)17(12-18)15-32/h5-8,12-14,16H,3-4,9-11,15H2,1-2H3,(H,27,33)(H2,28,29,30,31). The zero-order valence-electron chi connectivity index (χ0n) is 19.8. The lowest BCUT2D eigenvalue weighted by atomic mass is 10.1. The first-order valence-corrected chi connectivity index (χ1v) is 11.8. The summed E-state index contributed by atoms with van der Waals surface area (Å²) in [6, 6.07) is 13.1. The molecule has 0 atom stereocenters. The van der Waals surface area contributed by atoms with E-state index in [0.29, 0.717) is 54.3 Å². The Morgan fingerprint density at radius 1 is 1.06 bits per heavy atom. The van der Waals surface area contributed by atoms with Crippen molar-refractivity contribution in [2.45, 2.75) is 19.4 Å². The highest BCUT2D eigenvalue weighted by Gasteiger charge is 2.11. The van der Waals surface area contributed by atoms with E-state index in [1.807, 2.05) is 49.5 Å². The first kappa shape index (κ1) is 24.6. The van der Waals surface area contributed by atoms with Gasteiger partial charge in [0.2, 0.25) is 5.91 Å². The zero-order valence-corrected chi connectivity index (χ0v) is 20.6. The van der Waals surface area contributed by atoms with Crippen molar-refractivity contribution in [2.24, 2.45) is 0 Å². The molecule has 0 aliphatic carbocycles. The predicted octanol–water partition coefficient (Wildman–Crippen LogP) is 4.35. The van der Waals surface area contributed by atoms with Crippen molar-refractivity contribution in [3.8, 4) is 11.5 Å². The minimum absolute atomic E-state index is 0.00245. The Kier molecular flexibility index (Phi) is 8.23. The molecular formula is C25H29ClN6O3. The largest absolute Gasteiger partial charge is 0.493 e. The Morgan fingerprint density at radius 2 is 1.80 bits per heavy atom. The lowest BCUT2D eigenvalue weighted by Crippen LogP contribution is -2.29. The number of fused-ring (bicyclic) bond motifs is 6. The SMILES string of the molecule is COc1ccc2cc1OCCNC(=O)CCCN(C)Cc1cc(ccc1Cl)Nc1cc(ncn1)N2. The van der Waals surface area contributed by atoms with E-state index in [9.17, 15) is 4.79 Å². The third-order valence-electron chi connectivity index (χ3n) is 5.49. The molecule has 10 heteroatoms. The van der Waals surface area contributed by atoms with Gasteiger partial charge in [-0.1, -0.05) is 11.6 Å². The highest BCUT2D eigenvalue weighted by atomic mass is 35.5. The second kappa shape index (κ2) is 11.7. The highest BCUT2D eigenvalue weighted by Crippen LogP contribution is 2.31. The van der Waals surface area contributed by atoms with Crippen LogP contribution in [0.1, 0.15) is 18.4 Å². The number of aromatic nitrogens is 2. The fourth-order valence-electron chi connectivity index (χ4n) is 3.75. The van der Waals surface area contributed by atoms with Gasteiger partial charge >= 0.3 is 0 Å². The van der Waals surface area contributed by atoms with Crippen molar-refractivity contribution in [2.75, 3.05) is 44.5 Å². The molecule has 9 nitrogen and oxygen atoms in total. The molecule has 2 heterocycles. The topological polar surface area (TPSA) is 101 Å². The third-order valence-corrected chi connectivity index (χ3v) is 5.86. The number of amides is 1. The van der Waals surface area contributed by atoms with E-state index in [0.717, 1.165) is 29.9 Å². The van der Waals surface area contributed by atoms with E-state index < -0.39 is 0 Å². The van der Waals surface area contributed by atoms with Crippen molar-refractivity contribution >= 4 is 40.5 Å². The molecule has 3 aromatic rings. The smallest absolute Gasteiger partial charge is 0.220 e. The van der Waals surface area contributed by atoms with E-state index >= 15 is 0 Å². The number of rotatable bonds is 1. The lowest BCUT2D eigenvalue weighted by Gasteiger charge is -2.18. The first-order valence-electron chi connectivity index (χ1n) is 11.4. The number of anilines is 4. The second-order valence-corrected chi connectivity index (χ2v) is 8.66. The van der Waals surface area contributed by atoms with Gasteiger partial charge in [-0.3, -0.25) is 4.79 Å². The van der Waals surface area contributed by atoms with Gasteiger partial charge < -0.3 is 30.3 Å². The molecule has 0 spiro atoms. The van der Waals surface area contributed by atoms with Crippen LogP contribution >= 0.6 is 11.6 Å². The molecule has 0 saturated heterocycles. The number of nitrogens with one attached hydrogen (secondary N) is 3. The normalized spacial score (nSPS) is 15.5. The molecule has 0 fully saturated rings. The van der Waals surface area contributed by atoms with Crippen LogP contribution in [0.25, 0.3) is 0 Å². The molecule has 0 unspecified atom stereocenters. The van der Waals surface area contributed by atoms with Crippen LogP contribution in [-0.4, -0.2) is 54.6 Å². The van der Waals surface area contributed by atoms with E-state index in [1.54, 1.807) is 7.11 Å². The molecule has 0 saturated carbocycles. The van der Waals surface area contributed by atoms with Crippen LogP contribution in [0.4, 0.5) is 23.0 Å². The molecule has 4 rings (SSSR count). The number of methoxy groups -OCH3 is 1. The molecule has 2 aromatic carbocycles. The van der Waals surface area contributed by atoms with Crippen molar-refractivity contribution in [3.05, 3.63) is 59.4 Å². The number of carbonyl (C=O) groups is 1. The molecule has 1 aliphatic heterocycles. The number of ether oxygens (including phenoxy) is 2. The average Bonchev–Trinajstić information content (AvgIpc) is 2.84. The molecule has 1 amide bonds. The predicted molar refractivity (Wildman–Crippen MR) is 137 cm³/mol. The van der Waals surface area contributed by atoms with Crippen molar-refractivity contribution in [1.29, 1.82) is 0 Å². The van der Waals surface area contributed by atoms with Crippen LogP contribution < -0.4 is 25.4 Å². The first-order chi connectivity index (χ1) is 17.0. The lowest BCUT2D eigenvalue weighted by molar-refractivity contribution is -0.121. The van der Waals surface area contributed by atoms with E-state index in [1.165, 1.54) is 6.33 Å². The van der Waals surface area contributed by atoms with Crippen molar-refractivity contribution in [3.63, 3.8) is 0 Å². The molecule has 1 aliphatic rings. The molecule has 6 bridgehead atoms. The summed E-state index contributed by atoms with van der Waals surface area (Å²) < 4.78 is 11.3. The molecule has 0 radical (unpaired) electrons. The Hall–Kier alpha value is -3.56. The number of carbonyl (C=O) groups excluding carboxylic acids is 1. The number of hydrogen-bond acceptors (Lipinski definition) is 8. The van der Waals surface area contributed by atoms with Crippen LogP contribution in [0.5, 0.6) is 11.5 Å². The van der Waals surface area contributed by atoms with Gasteiger partial charge in [0.25, 0.3) is 0 Å². The molecule has 3 N–H and O–H groups in total. The minimum Gasteiger partial charge on any atom is -0.493 e. The molecule has 35 heavy (non-hydrogen) atoms. The summed E-state index contributed by atoms with van der Waals surface area (Å²) in [4.78, 5) is 23.0. The zero-order chi connectivity index (χ0) is 24.6. The fourth-order valence-corrected chi connectivity index (χ4v) is 3.93. The van der Waals surface area contributed by atoms with Gasteiger partial charge in [-0.05, 0) is 55.9 Å². The van der Waals surface area contributed by atoms with E-state index in [2.05, 4.69) is 30.8 Å². The van der Waals surface area contributed by atoms with Gasteiger partial charge in [0, 0.05) is 41.5 Å². The number of benzene rings is 2. The monoisotopic (exact) mass is 496 g/mol. The van der Waals surface area contributed by atoms with Gasteiger partial charge in [0.15, 0.2) is 11.5 Å². The number of halogens is 1. The van der Waals surface area contributed by atoms with E-state index in [-0.39, 0.29) is 5.91 Å². The van der Waals surface area contributed by atoms with Crippen molar-refractivity contribution < 1.29 is 14.3 Å². The van der Waals surface area contributed by atoms with E-state index in [4.69, 9.17) is 21.1 Å². The van der Waals surface area contributed by atoms with Crippen LogP contribution in [0, 0.1) is 0 Å². The maximum Gasteiger partial charge on any atom is 0.220 e. The summed E-state index contributed by atoms with van der Waals surface area (Å²) >= 11 is 6.45. The molecule has 1 aromatic heterocycles. The summed E-state index contributed by atoms with van der Waals surface area (Å²) in [6.07, 6.45) is 2.68. The fraction of sp³-hybridized carbons (Fsp3) is 0.320. The Labute approximate surface area is 209 Å². The highest BCUT2D eigenvalue weighted by molar-refractivity contribution is 6.31. The Bertz CT molecular complexity index is 1180. The van der Waals surface area contributed by atoms with Gasteiger partial charge in [-0.2, -0.15) is 0 Å². The van der Waals surface area contributed by atoms with Gasteiger partial charge in [-0.25, -0.2) is 9.97 Å². The van der Waals surface area contributed by atoms with Gasteiger partial charge in [-0.15, -0.1) is 0 Å². The summed E-state index contributed by atoms with van der Waals surface area (Å²) in [6.45, 7) is 2.15. The van der Waals surface area contributed by atoms with Gasteiger partial charge in [0.05, 0.1) is 13.7 Å². The van der Waals surface area contributed by atoms with Crippen LogP contribution in [0.15, 0.2) is 48.8 Å². The van der Waals surface area contributed by atoms with Gasteiger partial charge in [0.1, 0.15) is 24.6 Å². The third kappa shape index (κ3) is 6.97. The number of nitrogens with zero attached hydrogens (tertiary/aromatic N) is 3. The molecule has 184 valence electrons. The second-order valence-electron chi connectivity index (χ2n) is 8.25. The summed E-state index contributed by atoms with van der Waals surface area (Å²) in [5.41, 5.74) is 2.63. The number of hydrogen-bond donors (Lipinski definition) is 3. The van der Waals surface area contributed by atoms with Crippen molar-refractivity contribution in [1.82, 2.24) is 20.2 Å². The molecular weight excluding hydrogens is 468 g/mol. The maximum absolute atomic E-state index is 12.2. The quantitative estimate of drug-likeness (QED) is 0.457.